The number of benzene rings is 1. The Balaban J connectivity index is 2.04. The number of nitrogens with one attached hydrogen (secondary N) is 1. The highest BCUT2D eigenvalue weighted by molar-refractivity contribution is 5.56. The van der Waals surface area contributed by atoms with E-state index in [4.69, 9.17) is 4.74 Å². The second-order valence-electron chi connectivity index (χ2n) is 5.42. The Labute approximate surface area is 104 Å². The fourth-order valence-electron chi connectivity index (χ4n) is 2.50. The fraction of sp³-hybridized carbons (Fsp3) is 0.600. The normalized spacial score (nSPS) is 24.0. The topological polar surface area (TPSA) is 21.3 Å². The van der Waals surface area contributed by atoms with Crippen molar-refractivity contribution in [3.63, 3.8) is 0 Å². The van der Waals surface area contributed by atoms with E-state index >= 15 is 0 Å². The number of ether oxygens (including phenoxy) is 1. The molecule has 2 atom stereocenters. The van der Waals surface area contributed by atoms with Crippen LogP contribution in [0.25, 0.3) is 0 Å². The summed E-state index contributed by atoms with van der Waals surface area (Å²) in [5, 5.41) is 3.62. The van der Waals surface area contributed by atoms with Gasteiger partial charge in [0.25, 0.3) is 0 Å². The van der Waals surface area contributed by atoms with Crippen LogP contribution in [0.5, 0.6) is 5.75 Å². The van der Waals surface area contributed by atoms with E-state index in [1.54, 1.807) is 0 Å². The number of para-hydroxylation sites is 2. The molecule has 0 amide bonds. The van der Waals surface area contributed by atoms with E-state index in [1.165, 1.54) is 19.3 Å². The first-order valence-corrected chi connectivity index (χ1v) is 6.67. The number of anilines is 1. The summed E-state index contributed by atoms with van der Waals surface area (Å²) in [6.07, 6.45) is 4.11. The molecule has 1 aliphatic carbocycles. The largest absolute Gasteiger partial charge is 0.489 e. The Kier molecular flexibility index (Phi) is 3.93. The summed E-state index contributed by atoms with van der Waals surface area (Å²) in [7, 11) is 0. The predicted molar refractivity (Wildman–Crippen MR) is 72.6 cm³/mol. The first-order chi connectivity index (χ1) is 8.15. The molecule has 0 aliphatic heterocycles. The maximum Gasteiger partial charge on any atom is 0.142 e. The molecule has 94 valence electrons. The van der Waals surface area contributed by atoms with Gasteiger partial charge in [0.15, 0.2) is 0 Å². The van der Waals surface area contributed by atoms with Crippen LogP contribution in [-0.4, -0.2) is 12.1 Å². The predicted octanol–water partition coefficient (Wildman–Crippen LogP) is 4.07. The zero-order chi connectivity index (χ0) is 12.3. The van der Waals surface area contributed by atoms with Gasteiger partial charge in [0.2, 0.25) is 0 Å². The van der Waals surface area contributed by atoms with E-state index in [-0.39, 0.29) is 6.10 Å². The van der Waals surface area contributed by atoms with Crippen LogP contribution in [0.3, 0.4) is 0 Å². The lowest BCUT2D eigenvalue weighted by molar-refractivity contribution is 0.243. The summed E-state index contributed by atoms with van der Waals surface area (Å²) in [4.78, 5) is 0. The van der Waals surface area contributed by atoms with Crippen molar-refractivity contribution >= 4 is 5.69 Å². The third kappa shape index (κ3) is 3.39. The van der Waals surface area contributed by atoms with E-state index < -0.39 is 0 Å². The molecule has 1 N–H and O–H groups in total. The Morgan fingerprint density at radius 3 is 2.65 bits per heavy atom. The number of hydrogen-bond donors (Lipinski definition) is 1. The van der Waals surface area contributed by atoms with Crippen LogP contribution in [-0.2, 0) is 0 Å². The highest BCUT2D eigenvalue weighted by Crippen LogP contribution is 2.31. The molecule has 2 rings (SSSR count). The van der Waals surface area contributed by atoms with Crippen molar-refractivity contribution in [2.45, 2.75) is 52.2 Å². The molecule has 0 spiro atoms. The van der Waals surface area contributed by atoms with Gasteiger partial charge in [-0.1, -0.05) is 19.1 Å². The maximum atomic E-state index is 5.82. The zero-order valence-corrected chi connectivity index (χ0v) is 11.1. The van der Waals surface area contributed by atoms with Crippen molar-refractivity contribution < 1.29 is 4.74 Å². The minimum Gasteiger partial charge on any atom is -0.489 e. The van der Waals surface area contributed by atoms with Gasteiger partial charge in [0, 0.05) is 6.04 Å². The van der Waals surface area contributed by atoms with Crippen molar-refractivity contribution in [2.75, 3.05) is 5.32 Å². The molecule has 2 nitrogen and oxygen atoms in total. The fourth-order valence-corrected chi connectivity index (χ4v) is 2.50. The molecule has 1 fully saturated rings. The van der Waals surface area contributed by atoms with Crippen molar-refractivity contribution in [1.82, 2.24) is 0 Å². The van der Waals surface area contributed by atoms with E-state index in [0.717, 1.165) is 17.4 Å². The van der Waals surface area contributed by atoms with E-state index in [1.807, 2.05) is 12.1 Å². The molecule has 2 unspecified atom stereocenters. The quantitative estimate of drug-likeness (QED) is 0.846. The highest BCUT2D eigenvalue weighted by Gasteiger charge is 2.21. The van der Waals surface area contributed by atoms with Crippen molar-refractivity contribution in [2.24, 2.45) is 5.92 Å². The number of rotatable bonds is 4. The Bertz CT molecular complexity index is 362. The average molecular weight is 233 g/mol. The molecule has 0 aromatic heterocycles. The molecule has 1 aliphatic rings. The van der Waals surface area contributed by atoms with E-state index in [9.17, 15) is 0 Å². The molecule has 0 heterocycles. The van der Waals surface area contributed by atoms with Gasteiger partial charge in [-0.05, 0) is 51.2 Å². The van der Waals surface area contributed by atoms with Crippen LogP contribution in [0.4, 0.5) is 5.69 Å². The van der Waals surface area contributed by atoms with E-state index in [2.05, 4.69) is 38.2 Å². The summed E-state index contributed by atoms with van der Waals surface area (Å²) in [6.45, 7) is 6.46. The van der Waals surface area contributed by atoms with Gasteiger partial charge in [0.1, 0.15) is 5.75 Å². The van der Waals surface area contributed by atoms with Gasteiger partial charge in [-0.3, -0.25) is 0 Å². The SMILES string of the molecule is CC1CCC(Nc2ccccc2OC(C)C)C1. The molecule has 1 aromatic carbocycles. The van der Waals surface area contributed by atoms with Gasteiger partial charge >= 0.3 is 0 Å². The smallest absolute Gasteiger partial charge is 0.142 e. The lowest BCUT2D eigenvalue weighted by atomic mass is 10.1. The minimum absolute atomic E-state index is 0.223. The Morgan fingerprint density at radius 1 is 1.24 bits per heavy atom. The lowest BCUT2D eigenvalue weighted by Gasteiger charge is -2.19. The average Bonchev–Trinajstić information content (AvgIpc) is 2.66. The third-order valence-corrected chi connectivity index (χ3v) is 3.30. The Morgan fingerprint density at radius 2 is 2.00 bits per heavy atom. The van der Waals surface area contributed by atoms with Gasteiger partial charge in [-0.25, -0.2) is 0 Å². The van der Waals surface area contributed by atoms with Gasteiger partial charge in [-0.2, -0.15) is 0 Å². The molecular weight excluding hydrogens is 210 g/mol. The monoisotopic (exact) mass is 233 g/mol. The van der Waals surface area contributed by atoms with Gasteiger partial charge in [-0.15, -0.1) is 0 Å². The summed E-state index contributed by atoms with van der Waals surface area (Å²) >= 11 is 0. The van der Waals surface area contributed by atoms with Gasteiger partial charge < -0.3 is 10.1 Å². The first kappa shape index (κ1) is 12.3. The summed E-state index contributed by atoms with van der Waals surface area (Å²) < 4.78 is 5.82. The van der Waals surface area contributed by atoms with Gasteiger partial charge in [0.05, 0.1) is 11.8 Å². The second-order valence-corrected chi connectivity index (χ2v) is 5.42. The summed E-state index contributed by atoms with van der Waals surface area (Å²) in [5.74, 6) is 1.83. The van der Waals surface area contributed by atoms with Crippen molar-refractivity contribution in [3.05, 3.63) is 24.3 Å². The second kappa shape index (κ2) is 5.44. The van der Waals surface area contributed by atoms with Crippen LogP contribution < -0.4 is 10.1 Å². The van der Waals surface area contributed by atoms with Crippen molar-refractivity contribution in [3.8, 4) is 5.75 Å². The highest BCUT2D eigenvalue weighted by atomic mass is 16.5. The number of hydrogen-bond acceptors (Lipinski definition) is 2. The van der Waals surface area contributed by atoms with E-state index in [0.29, 0.717) is 6.04 Å². The molecule has 0 saturated heterocycles. The molecule has 2 heteroatoms. The molecule has 1 saturated carbocycles. The third-order valence-electron chi connectivity index (χ3n) is 3.30. The Hall–Kier alpha value is -1.18. The minimum atomic E-state index is 0.223. The molecule has 17 heavy (non-hydrogen) atoms. The van der Waals surface area contributed by atoms with Crippen LogP contribution in [0, 0.1) is 5.92 Å². The van der Waals surface area contributed by atoms with Crippen LogP contribution in [0.2, 0.25) is 0 Å². The molecule has 1 aromatic rings. The molecule has 0 bridgehead atoms. The lowest BCUT2D eigenvalue weighted by Crippen LogP contribution is -2.17. The first-order valence-electron chi connectivity index (χ1n) is 6.67. The summed E-state index contributed by atoms with van der Waals surface area (Å²) in [6, 6.07) is 8.86. The van der Waals surface area contributed by atoms with Crippen LogP contribution in [0.15, 0.2) is 24.3 Å². The van der Waals surface area contributed by atoms with Crippen LogP contribution >= 0.6 is 0 Å². The van der Waals surface area contributed by atoms with Crippen LogP contribution in [0.1, 0.15) is 40.0 Å². The summed E-state index contributed by atoms with van der Waals surface area (Å²) in [5.41, 5.74) is 1.14. The standard InChI is InChI=1S/C15H23NO/c1-11(2)17-15-7-5-4-6-14(15)16-13-9-8-12(3)10-13/h4-7,11-13,16H,8-10H2,1-3H3. The zero-order valence-electron chi connectivity index (χ0n) is 11.1. The molecule has 0 radical (unpaired) electrons. The van der Waals surface area contributed by atoms with Crippen molar-refractivity contribution in [1.29, 1.82) is 0 Å². The maximum absolute atomic E-state index is 5.82. The molecular formula is C15H23NO.